The van der Waals surface area contributed by atoms with Crippen LogP contribution in [-0.4, -0.2) is 25.2 Å². The van der Waals surface area contributed by atoms with Gasteiger partial charge in [0.05, 0.1) is 12.8 Å². The smallest absolute Gasteiger partial charge is 0.185 e. The molecule has 2 aromatic rings. The molecule has 2 heterocycles. The summed E-state index contributed by atoms with van der Waals surface area (Å²) in [6.45, 7) is 4.57. The van der Waals surface area contributed by atoms with Crippen LogP contribution in [0, 0.1) is 5.92 Å². The number of benzene rings is 1. The van der Waals surface area contributed by atoms with Crippen molar-refractivity contribution >= 4 is 16.5 Å². The zero-order valence-corrected chi connectivity index (χ0v) is 12.8. The van der Waals surface area contributed by atoms with E-state index in [1.54, 1.807) is 18.4 Å². The first-order chi connectivity index (χ1) is 9.78. The maximum Gasteiger partial charge on any atom is 0.185 e. The average Bonchev–Trinajstić information content (AvgIpc) is 2.97. The highest BCUT2D eigenvalue weighted by Crippen LogP contribution is 2.34. The summed E-state index contributed by atoms with van der Waals surface area (Å²) in [4.78, 5) is 7.23. The van der Waals surface area contributed by atoms with Crippen LogP contribution in [0.2, 0.25) is 0 Å². The predicted octanol–water partition coefficient (Wildman–Crippen LogP) is 4.06. The molecule has 1 aliphatic heterocycles. The Balaban J connectivity index is 1.86. The maximum absolute atomic E-state index is 5.42. The summed E-state index contributed by atoms with van der Waals surface area (Å²) < 4.78 is 5.42. The van der Waals surface area contributed by atoms with Crippen LogP contribution in [0.1, 0.15) is 19.8 Å². The third-order valence-corrected chi connectivity index (χ3v) is 4.70. The minimum Gasteiger partial charge on any atom is -0.496 e. The largest absolute Gasteiger partial charge is 0.496 e. The monoisotopic (exact) mass is 288 g/mol. The minimum absolute atomic E-state index is 0.766. The number of anilines is 1. The van der Waals surface area contributed by atoms with Crippen molar-refractivity contribution < 1.29 is 4.74 Å². The molecule has 20 heavy (non-hydrogen) atoms. The van der Waals surface area contributed by atoms with E-state index in [4.69, 9.17) is 9.72 Å². The van der Waals surface area contributed by atoms with E-state index in [2.05, 4.69) is 23.3 Å². The minimum atomic E-state index is 0.766. The van der Waals surface area contributed by atoms with Crippen molar-refractivity contribution in [2.24, 2.45) is 5.92 Å². The number of piperidine rings is 1. The Morgan fingerprint density at radius 3 is 3.00 bits per heavy atom. The second-order valence-corrected chi connectivity index (χ2v) is 6.25. The molecular weight excluding hydrogens is 268 g/mol. The fourth-order valence-electron chi connectivity index (χ4n) is 2.75. The van der Waals surface area contributed by atoms with Crippen molar-refractivity contribution in [2.45, 2.75) is 19.8 Å². The second kappa shape index (κ2) is 5.83. The van der Waals surface area contributed by atoms with Gasteiger partial charge in [-0.15, -0.1) is 11.3 Å². The highest BCUT2D eigenvalue weighted by atomic mass is 32.1. The number of hydrogen-bond donors (Lipinski definition) is 0. The number of thiazole rings is 1. The fraction of sp³-hybridized carbons (Fsp3) is 0.438. The summed E-state index contributed by atoms with van der Waals surface area (Å²) >= 11 is 1.73. The summed E-state index contributed by atoms with van der Waals surface area (Å²) in [5.74, 6) is 1.65. The van der Waals surface area contributed by atoms with Gasteiger partial charge in [-0.2, -0.15) is 0 Å². The number of para-hydroxylation sites is 1. The Bertz CT molecular complexity index is 581. The van der Waals surface area contributed by atoms with Gasteiger partial charge in [-0.1, -0.05) is 19.1 Å². The van der Waals surface area contributed by atoms with Gasteiger partial charge < -0.3 is 9.64 Å². The molecule has 1 fully saturated rings. The zero-order valence-electron chi connectivity index (χ0n) is 12.0. The Labute approximate surface area is 124 Å². The van der Waals surface area contributed by atoms with Gasteiger partial charge in [0.15, 0.2) is 5.13 Å². The topological polar surface area (TPSA) is 25.4 Å². The van der Waals surface area contributed by atoms with Crippen LogP contribution >= 0.6 is 11.3 Å². The first-order valence-electron chi connectivity index (χ1n) is 7.12. The van der Waals surface area contributed by atoms with Gasteiger partial charge in [0.1, 0.15) is 5.75 Å². The molecule has 3 rings (SSSR count). The molecule has 0 bridgehead atoms. The van der Waals surface area contributed by atoms with E-state index in [9.17, 15) is 0 Å². The Morgan fingerprint density at radius 1 is 1.35 bits per heavy atom. The molecule has 0 aliphatic carbocycles. The molecule has 0 amide bonds. The first kappa shape index (κ1) is 13.4. The van der Waals surface area contributed by atoms with Crippen LogP contribution in [-0.2, 0) is 0 Å². The zero-order chi connectivity index (χ0) is 13.9. The second-order valence-electron chi connectivity index (χ2n) is 5.41. The highest BCUT2D eigenvalue weighted by molar-refractivity contribution is 7.14. The quantitative estimate of drug-likeness (QED) is 0.852. The molecule has 0 spiro atoms. The average molecular weight is 288 g/mol. The molecule has 1 aromatic heterocycles. The summed E-state index contributed by atoms with van der Waals surface area (Å²) in [7, 11) is 1.71. The summed E-state index contributed by atoms with van der Waals surface area (Å²) in [6.07, 6.45) is 2.60. The van der Waals surface area contributed by atoms with Crippen molar-refractivity contribution in [1.82, 2.24) is 4.98 Å². The number of ether oxygens (including phenoxy) is 1. The van der Waals surface area contributed by atoms with Crippen LogP contribution in [0.3, 0.4) is 0 Å². The van der Waals surface area contributed by atoms with Gasteiger partial charge >= 0.3 is 0 Å². The van der Waals surface area contributed by atoms with E-state index in [-0.39, 0.29) is 0 Å². The van der Waals surface area contributed by atoms with Gasteiger partial charge in [-0.3, -0.25) is 0 Å². The fourth-order valence-corrected chi connectivity index (χ4v) is 3.62. The third kappa shape index (κ3) is 2.66. The van der Waals surface area contributed by atoms with Crippen molar-refractivity contribution in [2.75, 3.05) is 25.1 Å². The van der Waals surface area contributed by atoms with Gasteiger partial charge in [0, 0.05) is 24.0 Å². The normalized spacial score (nSPS) is 19.1. The van der Waals surface area contributed by atoms with E-state index in [0.717, 1.165) is 41.1 Å². The lowest BCUT2D eigenvalue weighted by atomic mass is 10.0. The van der Waals surface area contributed by atoms with E-state index < -0.39 is 0 Å². The third-order valence-electron chi connectivity index (χ3n) is 3.80. The van der Waals surface area contributed by atoms with Crippen molar-refractivity contribution in [3.63, 3.8) is 0 Å². The lowest BCUT2D eigenvalue weighted by Crippen LogP contribution is -2.34. The molecule has 1 atom stereocenters. The Hall–Kier alpha value is -1.55. The number of methoxy groups -OCH3 is 1. The molecule has 1 aliphatic rings. The maximum atomic E-state index is 5.42. The molecule has 1 aromatic carbocycles. The molecule has 0 saturated carbocycles. The molecule has 106 valence electrons. The number of aromatic nitrogens is 1. The van der Waals surface area contributed by atoms with Crippen LogP contribution in [0.4, 0.5) is 5.13 Å². The highest BCUT2D eigenvalue weighted by Gasteiger charge is 2.19. The lowest BCUT2D eigenvalue weighted by molar-refractivity contribution is 0.416. The van der Waals surface area contributed by atoms with Crippen LogP contribution in [0.25, 0.3) is 11.3 Å². The molecule has 0 N–H and O–H groups in total. The molecule has 1 saturated heterocycles. The first-order valence-corrected chi connectivity index (χ1v) is 7.99. The Morgan fingerprint density at radius 2 is 2.20 bits per heavy atom. The van der Waals surface area contributed by atoms with E-state index in [0.29, 0.717) is 0 Å². The number of rotatable bonds is 3. The van der Waals surface area contributed by atoms with Gasteiger partial charge in [0.25, 0.3) is 0 Å². The molecule has 3 nitrogen and oxygen atoms in total. The number of nitrogens with zero attached hydrogens (tertiary/aromatic N) is 2. The van der Waals surface area contributed by atoms with Crippen LogP contribution in [0.5, 0.6) is 5.75 Å². The van der Waals surface area contributed by atoms with Gasteiger partial charge in [-0.25, -0.2) is 4.98 Å². The van der Waals surface area contributed by atoms with E-state index >= 15 is 0 Å². The molecule has 0 radical (unpaired) electrons. The van der Waals surface area contributed by atoms with Crippen molar-refractivity contribution in [3.05, 3.63) is 29.6 Å². The van der Waals surface area contributed by atoms with Crippen LogP contribution in [0.15, 0.2) is 29.6 Å². The standard InChI is InChI=1S/C16H20N2OS/c1-12-6-5-9-18(10-12)16-17-14(11-20-16)13-7-3-4-8-15(13)19-2/h3-4,7-8,11-12H,5-6,9-10H2,1-2H3/t12-/m1/s1. The Kier molecular flexibility index (Phi) is 3.92. The van der Waals surface area contributed by atoms with Gasteiger partial charge in [-0.05, 0) is 30.9 Å². The van der Waals surface area contributed by atoms with E-state index in [1.807, 2.05) is 18.2 Å². The summed E-state index contributed by atoms with van der Waals surface area (Å²) in [6, 6.07) is 8.07. The summed E-state index contributed by atoms with van der Waals surface area (Å²) in [5, 5.41) is 3.27. The molecule has 0 unspecified atom stereocenters. The SMILES string of the molecule is COc1ccccc1-c1csc(N2CCC[C@@H](C)C2)n1. The predicted molar refractivity (Wildman–Crippen MR) is 84.7 cm³/mol. The summed E-state index contributed by atoms with van der Waals surface area (Å²) in [5.41, 5.74) is 2.09. The number of hydrogen-bond acceptors (Lipinski definition) is 4. The van der Waals surface area contributed by atoms with Crippen molar-refractivity contribution in [3.8, 4) is 17.0 Å². The van der Waals surface area contributed by atoms with E-state index in [1.165, 1.54) is 12.8 Å². The van der Waals surface area contributed by atoms with Crippen molar-refractivity contribution in [1.29, 1.82) is 0 Å². The van der Waals surface area contributed by atoms with Gasteiger partial charge in [0.2, 0.25) is 0 Å². The lowest BCUT2D eigenvalue weighted by Gasteiger charge is -2.30. The molecular formula is C16H20N2OS. The van der Waals surface area contributed by atoms with Crippen LogP contribution < -0.4 is 9.64 Å². The molecule has 4 heteroatoms.